The topological polar surface area (TPSA) is 175 Å². The zero-order valence-corrected chi connectivity index (χ0v) is 22.8. The van der Waals surface area contributed by atoms with Gasteiger partial charge in [0.2, 0.25) is 0 Å². The molecule has 4 rings (SSSR count). The summed E-state index contributed by atoms with van der Waals surface area (Å²) in [4.78, 5) is 48.2. The standard InChI is InChI=1S/C27H26NO10PS/c29-17-6-9-20-23(14-17)37-24-15-18(30)7-10-21(24)25(20)22-13-16(5-8-19(22)27(32)33)26(31)28-11-3-1-2-4-12-36-39(34,35)38-40/h5-10,13-15,29,40H,1-4,11-12H2,(H,28,31)(H,32,33)(H,34,35)/p-1. The van der Waals surface area contributed by atoms with Gasteiger partial charge in [0.05, 0.1) is 12.2 Å². The fraction of sp³-hybridized carbons (Fsp3) is 0.222. The van der Waals surface area contributed by atoms with Gasteiger partial charge in [-0.1, -0.05) is 12.8 Å². The van der Waals surface area contributed by atoms with Crippen LogP contribution in [-0.4, -0.2) is 35.2 Å². The number of carbonyl (C=O) groups is 2. The summed E-state index contributed by atoms with van der Waals surface area (Å²) >= 11 is 3.21. The molecule has 0 aromatic heterocycles. The number of phosphoric acid groups is 1. The number of hydrogen-bond donors (Lipinski definition) is 4. The maximum absolute atomic E-state index is 12.9. The molecule has 40 heavy (non-hydrogen) atoms. The summed E-state index contributed by atoms with van der Waals surface area (Å²) in [6.45, 7) is 0.315. The Labute approximate surface area is 233 Å². The number of benzene rings is 3. The summed E-state index contributed by atoms with van der Waals surface area (Å²) in [6, 6.07) is 12.8. The van der Waals surface area contributed by atoms with E-state index in [1.807, 2.05) is 0 Å². The molecule has 11 nitrogen and oxygen atoms in total. The lowest BCUT2D eigenvalue weighted by Crippen LogP contribution is -2.24. The van der Waals surface area contributed by atoms with E-state index in [1.54, 1.807) is 6.07 Å². The van der Waals surface area contributed by atoms with E-state index in [2.05, 4.69) is 26.7 Å². The zero-order chi connectivity index (χ0) is 28.9. The fourth-order valence-corrected chi connectivity index (χ4v) is 4.85. The number of phosphoric ester groups is 1. The van der Waals surface area contributed by atoms with Crippen LogP contribution in [0.5, 0.6) is 5.75 Å². The third-order valence-corrected chi connectivity index (χ3v) is 7.46. The van der Waals surface area contributed by atoms with Crippen molar-refractivity contribution in [3.63, 3.8) is 0 Å². The Morgan fingerprint density at radius 2 is 1.77 bits per heavy atom. The van der Waals surface area contributed by atoms with Crippen molar-refractivity contribution in [2.75, 3.05) is 13.2 Å². The molecular formula is C27H25NO10PS-. The summed E-state index contributed by atoms with van der Waals surface area (Å²) in [7, 11) is -4.36. The molecule has 0 radical (unpaired) electrons. The Kier molecular flexibility index (Phi) is 9.28. The smallest absolute Gasteiger partial charge is 0.336 e. The van der Waals surface area contributed by atoms with Gasteiger partial charge in [-0.25, -0.2) is 4.79 Å². The van der Waals surface area contributed by atoms with Crippen molar-refractivity contribution in [2.45, 2.75) is 25.7 Å². The van der Waals surface area contributed by atoms with Crippen LogP contribution in [0.3, 0.4) is 0 Å². The SMILES string of the molecule is O=C(NCCCCCCOP(=O)([O-])OS)c1ccc(C(=O)O)c(-c2c3ccc(=O)cc-3oc3cc(O)ccc23)c1. The molecule has 1 aliphatic carbocycles. The van der Waals surface area contributed by atoms with Crippen molar-refractivity contribution in [1.29, 1.82) is 0 Å². The van der Waals surface area contributed by atoms with Gasteiger partial charge in [0.15, 0.2) is 5.43 Å². The van der Waals surface area contributed by atoms with Crippen molar-refractivity contribution in [2.24, 2.45) is 0 Å². The summed E-state index contributed by atoms with van der Waals surface area (Å²) in [5.41, 5.74) is 1.26. The highest BCUT2D eigenvalue weighted by atomic mass is 32.1. The van der Waals surface area contributed by atoms with Gasteiger partial charge in [0, 0.05) is 40.8 Å². The number of aromatic hydroxyl groups is 1. The van der Waals surface area contributed by atoms with Crippen molar-refractivity contribution in [3.8, 4) is 28.2 Å². The molecule has 0 saturated carbocycles. The van der Waals surface area contributed by atoms with Gasteiger partial charge >= 0.3 is 5.97 Å². The minimum atomic E-state index is -4.36. The van der Waals surface area contributed by atoms with Gasteiger partial charge in [-0.3, -0.25) is 18.1 Å². The third-order valence-electron chi connectivity index (χ3n) is 6.16. The minimum Gasteiger partial charge on any atom is -0.755 e. The first-order valence-corrected chi connectivity index (χ1v) is 14.1. The summed E-state index contributed by atoms with van der Waals surface area (Å²) in [5, 5.41) is 23.2. The molecule has 0 saturated heterocycles. The van der Waals surface area contributed by atoms with Crippen LogP contribution in [0.1, 0.15) is 46.4 Å². The predicted octanol–water partition coefficient (Wildman–Crippen LogP) is 4.61. The second-order valence-corrected chi connectivity index (χ2v) is 10.7. The lowest BCUT2D eigenvalue weighted by Gasteiger charge is -2.18. The maximum atomic E-state index is 12.9. The molecule has 1 heterocycles. The number of nitrogens with one attached hydrogen (secondary N) is 1. The number of hydrogen-bond acceptors (Lipinski definition) is 10. The van der Waals surface area contributed by atoms with Crippen molar-refractivity contribution in [1.82, 2.24) is 5.32 Å². The van der Waals surface area contributed by atoms with E-state index in [0.29, 0.717) is 48.7 Å². The lowest BCUT2D eigenvalue weighted by molar-refractivity contribution is -0.215. The number of phenolic OH excluding ortho intramolecular Hbond substituents is 1. The minimum absolute atomic E-state index is 0.0295. The first kappa shape index (κ1) is 29.3. The molecule has 3 N–H and O–H groups in total. The van der Waals surface area contributed by atoms with Gasteiger partial charge in [-0.2, -0.15) is 0 Å². The van der Waals surface area contributed by atoms with E-state index in [9.17, 15) is 34.1 Å². The van der Waals surface area contributed by atoms with Gasteiger partial charge in [0.1, 0.15) is 17.1 Å². The molecule has 2 aromatic rings. The van der Waals surface area contributed by atoms with Gasteiger partial charge in [-0.05, 0) is 73.8 Å². The Morgan fingerprint density at radius 1 is 1.00 bits per heavy atom. The second-order valence-electron chi connectivity index (χ2n) is 8.91. The van der Waals surface area contributed by atoms with E-state index in [-0.39, 0.29) is 45.8 Å². The molecule has 0 bridgehead atoms. The molecule has 0 spiro atoms. The summed E-state index contributed by atoms with van der Waals surface area (Å²) < 4.78 is 25.4. The average molecular weight is 587 g/mol. The highest BCUT2D eigenvalue weighted by Gasteiger charge is 2.23. The van der Waals surface area contributed by atoms with Crippen LogP contribution in [0.4, 0.5) is 0 Å². The highest BCUT2D eigenvalue weighted by Crippen LogP contribution is 2.42. The first-order valence-electron chi connectivity index (χ1n) is 12.2. The molecule has 1 aliphatic heterocycles. The number of unbranched alkanes of at least 4 members (excludes halogenated alkanes) is 3. The molecule has 210 valence electrons. The van der Waals surface area contributed by atoms with E-state index < -0.39 is 19.7 Å². The van der Waals surface area contributed by atoms with Crippen LogP contribution in [-0.2, 0) is 13.1 Å². The van der Waals surface area contributed by atoms with Crippen molar-refractivity contribution in [3.05, 3.63) is 75.9 Å². The summed E-state index contributed by atoms with van der Waals surface area (Å²) in [6.07, 6.45) is 2.48. The number of amides is 1. The molecule has 0 fully saturated rings. The molecule has 1 amide bonds. The quantitative estimate of drug-likeness (QED) is 0.0603. The first-order chi connectivity index (χ1) is 19.1. The van der Waals surface area contributed by atoms with Crippen LogP contribution in [0.15, 0.2) is 63.8 Å². The fourth-order valence-electron chi connectivity index (χ4n) is 4.31. The molecule has 2 aliphatic rings. The average Bonchev–Trinajstić information content (AvgIpc) is 2.92. The van der Waals surface area contributed by atoms with Crippen molar-refractivity contribution < 1.29 is 42.2 Å². The number of carboxylic acid groups (broad SMARTS) is 1. The Morgan fingerprint density at radius 3 is 2.52 bits per heavy atom. The Balaban J connectivity index is 1.56. The number of rotatable bonds is 12. The maximum Gasteiger partial charge on any atom is 0.336 e. The molecule has 1 atom stereocenters. The largest absolute Gasteiger partial charge is 0.755 e. The zero-order valence-electron chi connectivity index (χ0n) is 21.0. The summed E-state index contributed by atoms with van der Waals surface area (Å²) in [5.74, 6) is -1.49. The van der Waals surface area contributed by atoms with Crippen LogP contribution in [0, 0.1) is 0 Å². The van der Waals surface area contributed by atoms with Crippen LogP contribution in [0.25, 0.3) is 33.4 Å². The van der Waals surface area contributed by atoms with E-state index >= 15 is 0 Å². The number of phenols is 1. The van der Waals surface area contributed by atoms with Crippen LogP contribution in [0.2, 0.25) is 0 Å². The number of aromatic carboxylic acids is 1. The Hall–Kier alpha value is -3.67. The number of fused-ring (bicyclic) bond motifs is 2. The van der Waals surface area contributed by atoms with Crippen LogP contribution >= 0.6 is 20.7 Å². The van der Waals surface area contributed by atoms with Gasteiger partial charge in [0.25, 0.3) is 13.7 Å². The van der Waals surface area contributed by atoms with E-state index in [0.717, 1.165) is 0 Å². The molecule has 2 aromatic carbocycles. The second kappa shape index (κ2) is 12.7. The highest BCUT2D eigenvalue weighted by molar-refractivity contribution is 7.80. The number of carboxylic acids is 1. The van der Waals surface area contributed by atoms with Gasteiger partial charge in [-0.15, -0.1) is 0 Å². The Bertz CT molecular complexity index is 1640. The van der Waals surface area contributed by atoms with Gasteiger partial charge < -0.3 is 29.4 Å². The number of thiol groups is 1. The molecule has 13 heteroatoms. The molecule has 1 unspecified atom stereocenters. The number of carbonyl (C=O) groups excluding carboxylic acids is 1. The van der Waals surface area contributed by atoms with E-state index in [4.69, 9.17) is 4.42 Å². The van der Waals surface area contributed by atoms with Crippen LogP contribution < -0.4 is 15.6 Å². The van der Waals surface area contributed by atoms with E-state index in [1.165, 1.54) is 48.5 Å². The normalized spacial score (nSPS) is 12.8. The predicted molar refractivity (Wildman–Crippen MR) is 148 cm³/mol. The monoisotopic (exact) mass is 586 g/mol. The van der Waals surface area contributed by atoms with Crippen molar-refractivity contribution >= 4 is 43.6 Å². The lowest BCUT2D eigenvalue weighted by atomic mass is 9.89. The third kappa shape index (κ3) is 6.90. The molecular weight excluding hydrogens is 561 g/mol.